The Morgan fingerprint density at radius 3 is 2.41 bits per heavy atom. The van der Waals surface area contributed by atoms with Gasteiger partial charge in [0.25, 0.3) is 5.91 Å². The molecule has 0 radical (unpaired) electrons. The molecular formula is C11H18N2O4. The van der Waals surface area contributed by atoms with Gasteiger partial charge in [-0.15, -0.1) is 0 Å². The van der Waals surface area contributed by atoms with Crippen molar-refractivity contribution >= 4 is 11.9 Å². The summed E-state index contributed by atoms with van der Waals surface area (Å²) in [6, 6.07) is -0.345. The molecule has 17 heavy (non-hydrogen) atoms. The van der Waals surface area contributed by atoms with E-state index in [4.69, 9.17) is 9.47 Å². The van der Waals surface area contributed by atoms with E-state index in [-0.39, 0.29) is 25.3 Å². The summed E-state index contributed by atoms with van der Waals surface area (Å²) in [6.07, 6.45) is 0. The zero-order valence-electron chi connectivity index (χ0n) is 10.6. The molecule has 6 nitrogen and oxygen atoms in total. The van der Waals surface area contributed by atoms with E-state index in [0.29, 0.717) is 5.76 Å². The first-order valence-electron chi connectivity index (χ1n) is 5.21. The van der Waals surface area contributed by atoms with E-state index in [1.165, 1.54) is 12.0 Å². The average molecular weight is 242 g/mol. The fourth-order valence-corrected chi connectivity index (χ4v) is 1.48. The molecule has 0 saturated carbocycles. The molecule has 1 aliphatic rings. The fourth-order valence-electron chi connectivity index (χ4n) is 1.48. The van der Waals surface area contributed by atoms with Crippen LogP contribution in [0.25, 0.3) is 0 Å². The van der Waals surface area contributed by atoms with E-state index < -0.39 is 5.54 Å². The molecule has 6 heteroatoms. The lowest BCUT2D eigenvalue weighted by Crippen LogP contribution is -2.41. The molecular weight excluding hydrogens is 224 g/mol. The Kier molecular flexibility index (Phi) is 3.77. The molecule has 0 bridgehead atoms. The Hall–Kier alpha value is -1.56. The number of ether oxygens (including phenoxy) is 2. The van der Waals surface area contributed by atoms with Gasteiger partial charge in [-0.3, -0.25) is 9.69 Å². The molecule has 0 unspecified atom stereocenters. The third kappa shape index (κ3) is 2.41. The van der Waals surface area contributed by atoms with Crippen LogP contribution in [0, 0.1) is 0 Å². The van der Waals surface area contributed by atoms with Crippen molar-refractivity contribution in [2.45, 2.75) is 19.4 Å². The Labute approximate surface area is 101 Å². The van der Waals surface area contributed by atoms with Crippen LogP contribution in [0.2, 0.25) is 0 Å². The number of carbonyl (C=O) groups is 2. The second-order valence-corrected chi connectivity index (χ2v) is 4.38. The zero-order valence-corrected chi connectivity index (χ0v) is 10.6. The molecule has 1 heterocycles. The van der Waals surface area contributed by atoms with Crippen molar-refractivity contribution in [3.8, 4) is 0 Å². The molecule has 1 saturated heterocycles. The van der Waals surface area contributed by atoms with Crippen LogP contribution in [0.3, 0.4) is 0 Å². The number of amides is 3. The minimum absolute atomic E-state index is 0.0499. The van der Waals surface area contributed by atoms with Gasteiger partial charge in [0.2, 0.25) is 0 Å². The lowest BCUT2D eigenvalue weighted by molar-refractivity contribution is -0.131. The van der Waals surface area contributed by atoms with E-state index in [0.717, 1.165) is 4.90 Å². The molecule has 0 aliphatic carbocycles. The fraction of sp³-hybridized carbons (Fsp3) is 0.636. The van der Waals surface area contributed by atoms with Crippen molar-refractivity contribution in [2.24, 2.45) is 0 Å². The van der Waals surface area contributed by atoms with Crippen molar-refractivity contribution < 1.29 is 19.1 Å². The summed E-state index contributed by atoms with van der Waals surface area (Å²) in [5, 5.41) is 0. The molecule has 0 N–H and O–H groups in total. The molecule has 0 aromatic heterocycles. The van der Waals surface area contributed by atoms with Crippen LogP contribution in [0.1, 0.15) is 13.8 Å². The number of hydrogen-bond acceptors (Lipinski definition) is 4. The summed E-state index contributed by atoms with van der Waals surface area (Å²) >= 11 is 0. The lowest BCUT2D eigenvalue weighted by Gasteiger charge is -2.22. The minimum Gasteiger partial charge on any atom is -0.471 e. The first-order chi connectivity index (χ1) is 7.82. The molecule has 3 amide bonds. The smallest absolute Gasteiger partial charge is 0.327 e. The highest BCUT2D eigenvalue weighted by Gasteiger charge is 2.49. The van der Waals surface area contributed by atoms with Gasteiger partial charge in [-0.1, -0.05) is 6.58 Å². The van der Waals surface area contributed by atoms with Crippen molar-refractivity contribution in [2.75, 3.05) is 27.5 Å². The molecule has 1 rings (SSSR count). The highest BCUT2D eigenvalue weighted by Crippen LogP contribution is 2.26. The third-order valence-corrected chi connectivity index (χ3v) is 2.84. The second kappa shape index (κ2) is 4.75. The summed E-state index contributed by atoms with van der Waals surface area (Å²) in [4.78, 5) is 26.4. The highest BCUT2D eigenvalue weighted by atomic mass is 16.7. The Bertz CT molecular complexity index is 351. The van der Waals surface area contributed by atoms with Gasteiger partial charge in [0.05, 0.1) is 6.54 Å². The molecule has 1 aliphatic heterocycles. The predicted octanol–water partition coefficient (Wildman–Crippen LogP) is 0.793. The maximum absolute atomic E-state index is 12.0. The SMILES string of the molecule is C=C(CN1C(=O)N(C)C(C)(C)C1=O)OCOC. The third-order valence-electron chi connectivity index (χ3n) is 2.84. The van der Waals surface area contributed by atoms with Crippen molar-refractivity contribution in [1.82, 2.24) is 9.80 Å². The minimum atomic E-state index is -0.821. The number of nitrogens with zero attached hydrogens (tertiary/aromatic N) is 2. The summed E-state index contributed by atoms with van der Waals surface area (Å²) in [6.45, 7) is 7.13. The number of carbonyl (C=O) groups excluding carboxylic acids is 2. The molecule has 1 fully saturated rings. The van der Waals surface area contributed by atoms with Crippen LogP contribution >= 0.6 is 0 Å². The van der Waals surface area contributed by atoms with Gasteiger partial charge in [0, 0.05) is 14.2 Å². The summed E-state index contributed by atoms with van der Waals surface area (Å²) in [7, 11) is 3.08. The van der Waals surface area contributed by atoms with Crippen LogP contribution in [0.5, 0.6) is 0 Å². The lowest BCUT2D eigenvalue weighted by atomic mass is 10.1. The largest absolute Gasteiger partial charge is 0.471 e. The van der Waals surface area contributed by atoms with E-state index in [9.17, 15) is 9.59 Å². The van der Waals surface area contributed by atoms with Crippen LogP contribution in [0.15, 0.2) is 12.3 Å². The molecule has 0 spiro atoms. The van der Waals surface area contributed by atoms with Crippen LogP contribution in [0.4, 0.5) is 4.79 Å². The van der Waals surface area contributed by atoms with Crippen molar-refractivity contribution in [3.63, 3.8) is 0 Å². The maximum Gasteiger partial charge on any atom is 0.327 e. The Balaban J connectivity index is 2.70. The molecule has 96 valence electrons. The van der Waals surface area contributed by atoms with Crippen LogP contribution in [-0.2, 0) is 14.3 Å². The number of hydrogen-bond donors (Lipinski definition) is 0. The second-order valence-electron chi connectivity index (χ2n) is 4.38. The van der Waals surface area contributed by atoms with Gasteiger partial charge in [0.1, 0.15) is 11.3 Å². The van der Waals surface area contributed by atoms with E-state index in [1.54, 1.807) is 20.9 Å². The standard InChI is InChI=1S/C11H18N2O4/c1-8(17-7-16-5)6-13-9(14)11(2,3)12(4)10(13)15/h1,6-7H2,2-5H3. The number of urea groups is 1. The van der Waals surface area contributed by atoms with Crippen molar-refractivity contribution in [1.29, 1.82) is 0 Å². The van der Waals surface area contributed by atoms with Crippen LogP contribution < -0.4 is 0 Å². The first-order valence-corrected chi connectivity index (χ1v) is 5.21. The van der Waals surface area contributed by atoms with Gasteiger partial charge < -0.3 is 14.4 Å². The van der Waals surface area contributed by atoms with Crippen LogP contribution in [-0.4, -0.2) is 54.8 Å². The summed E-state index contributed by atoms with van der Waals surface area (Å²) in [5.41, 5.74) is -0.821. The van der Waals surface area contributed by atoms with Gasteiger partial charge in [-0.05, 0) is 13.8 Å². The summed E-state index contributed by atoms with van der Waals surface area (Å²) < 4.78 is 9.78. The molecule has 0 atom stereocenters. The number of likely N-dealkylation sites (N-methyl/N-ethyl adjacent to an activating group) is 1. The number of rotatable bonds is 5. The van der Waals surface area contributed by atoms with Gasteiger partial charge in [-0.25, -0.2) is 4.79 Å². The van der Waals surface area contributed by atoms with Crippen molar-refractivity contribution in [3.05, 3.63) is 12.3 Å². The summed E-state index contributed by atoms with van der Waals surface area (Å²) in [5.74, 6) is 0.0619. The maximum atomic E-state index is 12.0. The Morgan fingerprint density at radius 2 is 2.00 bits per heavy atom. The van der Waals surface area contributed by atoms with Gasteiger partial charge in [-0.2, -0.15) is 0 Å². The van der Waals surface area contributed by atoms with Gasteiger partial charge in [0.15, 0.2) is 6.79 Å². The first kappa shape index (κ1) is 13.5. The molecule has 0 aromatic carbocycles. The zero-order chi connectivity index (χ0) is 13.2. The monoisotopic (exact) mass is 242 g/mol. The average Bonchev–Trinajstić information content (AvgIpc) is 2.42. The predicted molar refractivity (Wildman–Crippen MR) is 61.1 cm³/mol. The highest BCUT2D eigenvalue weighted by molar-refractivity contribution is 6.06. The van der Waals surface area contributed by atoms with E-state index in [2.05, 4.69) is 6.58 Å². The quantitative estimate of drug-likeness (QED) is 0.406. The van der Waals surface area contributed by atoms with E-state index >= 15 is 0 Å². The topological polar surface area (TPSA) is 59.1 Å². The molecule has 0 aromatic rings. The normalized spacial score (nSPS) is 18.8. The number of imide groups is 1. The Morgan fingerprint density at radius 1 is 1.41 bits per heavy atom. The van der Waals surface area contributed by atoms with E-state index in [1.807, 2.05) is 0 Å². The number of methoxy groups -OCH3 is 1. The van der Waals surface area contributed by atoms with Gasteiger partial charge >= 0.3 is 6.03 Å².